The number of rotatable bonds is 3. The Morgan fingerprint density at radius 3 is 2.86 bits per heavy atom. The van der Waals surface area contributed by atoms with E-state index >= 15 is 0 Å². The minimum atomic E-state index is -0.148. The maximum Gasteiger partial charge on any atom is 0.255 e. The maximum atomic E-state index is 12.8. The third-order valence-corrected chi connectivity index (χ3v) is 5.42. The molecule has 0 bridgehead atoms. The molecule has 2 atom stereocenters. The first-order chi connectivity index (χ1) is 10.6. The summed E-state index contributed by atoms with van der Waals surface area (Å²) in [5.74, 6) is 0.333. The minimum Gasteiger partial charge on any atom is -0.367 e. The third-order valence-electron chi connectivity index (χ3n) is 5.42. The van der Waals surface area contributed by atoms with E-state index in [1.807, 2.05) is 22.8 Å². The summed E-state index contributed by atoms with van der Waals surface area (Å²) in [4.78, 5) is 32.1. The molecule has 5 heteroatoms. The van der Waals surface area contributed by atoms with Gasteiger partial charge in [-0.15, -0.1) is 0 Å². The van der Waals surface area contributed by atoms with Crippen molar-refractivity contribution in [2.24, 2.45) is 0 Å². The highest BCUT2D eigenvalue weighted by atomic mass is 16.2. The lowest BCUT2D eigenvalue weighted by molar-refractivity contribution is -0.134. The van der Waals surface area contributed by atoms with Crippen molar-refractivity contribution >= 4 is 11.8 Å². The zero-order valence-corrected chi connectivity index (χ0v) is 13.5. The molecule has 0 radical (unpaired) electrons. The van der Waals surface area contributed by atoms with Crippen LogP contribution in [0.3, 0.4) is 0 Å². The number of carbonyl (C=O) groups excluding carboxylic acids is 2. The number of piperidine rings is 1. The standard InChI is InChI=1S/C17H25N3O2/c1-3-14-17(9-6-15(21)20(17)4-2)8-5-11-19(14)16(22)13-7-10-18-12-13/h7,10,12,14,18H,3-6,8-9,11H2,1-2H3/t14-,17-/m0/s1. The van der Waals surface area contributed by atoms with Gasteiger partial charge in [0, 0.05) is 31.9 Å². The smallest absolute Gasteiger partial charge is 0.255 e. The van der Waals surface area contributed by atoms with Crippen LogP contribution in [-0.4, -0.2) is 51.3 Å². The summed E-state index contributed by atoms with van der Waals surface area (Å²) < 4.78 is 0. The molecule has 3 rings (SSSR count). The number of hydrogen-bond acceptors (Lipinski definition) is 2. The predicted molar refractivity (Wildman–Crippen MR) is 84.5 cm³/mol. The molecule has 3 heterocycles. The third kappa shape index (κ3) is 2.14. The van der Waals surface area contributed by atoms with Crippen molar-refractivity contribution in [3.63, 3.8) is 0 Å². The van der Waals surface area contributed by atoms with Crippen LogP contribution in [0.25, 0.3) is 0 Å². The lowest BCUT2D eigenvalue weighted by Gasteiger charge is -2.52. The molecule has 0 aromatic carbocycles. The lowest BCUT2D eigenvalue weighted by Crippen LogP contribution is -2.64. The van der Waals surface area contributed by atoms with E-state index in [4.69, 9.17) is 0 Å². The second-order valence-electron chi connectivity index (χ2n) is 6.37. The number of hydrogen-bond donors (Lipinski definition) is 1. The van der Waals surface area contributed by atoms with Gasteiger partial charge in [-0.3, -0.25) is 9.59 Å². The summed E-state index contributed by atoms with van der Waals surface area (Å²) >= 11 is 0. The van der Waals surface area contributed by atoms with Gasteiger partial charge in [0.2, 0.25) is 5.91 Å². The Bertz CT molecular complexity index is 554. The Morgan fingerprint density at radius 2 is 2.23 bits per heavy atom. The van der Waals surface area contributed by atoms with Crippen LogP contribution in [0.15, 0.2) is 18.5 Å². The first-order valence-electron chi connectivity index (χ1n) is 8.38. The van der Waals surface area contributed by atoms with Crippen LogP contribution in [-0.2, 0) is 4.79 Å². The summed E-state index contributed by atoms with van der Waals surface area (Å²) in [5, 5.41) is 0. The van der Waals surface area contributed by atoms with E-state index < -0.39 is 0 Å². The van der Waals surface area contributed by atoms with Gasteiger partial charge in [-0.1, -0.05) is 6.92 Å². The zero-order valence-electron chi connectivity index (χ0n) is 13.5. The van der Waals surface area contributed by atoms with E-state index in [0.717, 1.165) is 38.8 Å². The van der Waals surface area contributed by atoms with Crippen LogP contribution in [0.4, 0.5) is 0 Å². The number of aromatic amines is 1. The molecule has 1 aromatic heterocycles. The molecule has 120 valence electrons. The fraction of sp³-hybridized carbons (Fsp3) is 0.647. The van der Waals surface area contributed by atoms with Crippen LogP contribution in [0.5, 0.6) is 0 Å². The fourth-order valence-electron chi connectivity index (χ4n) is 4.57. The van der Waals surface area contributed by atoms with Crippen molar-refractivity contribution in [1.82, 2.24) is 14.8 Å². The molecule has 1 aromatic rings. The summed E-state index contributed by atoms with van der Waals surface area (Å²) in [6.45, 7) is 5.70. The van der Waals surface area contributed by atoms with Crippen molar-refractivity contribution in [3.05, 3.63) is 24.0 Å². The van der Waals surface area contributed by atoms with Gasteiger partial charge in [-0.25, -0.2) is 0 Å². The zero-order chi connectivity index (χ0) is 15.7. The van der Waals surface area contributed by atoms with Gasteiger partial charge in [0.15, 0.2) is 0 Å². The monoisotopic (exact) mass is 303 g/mol. The average molecular weight is 303 g/mol. The average Bonchev–Trinajstić information content (AvgIpc) is 3.16. The number of likely N-dealkylation sites (N-methyl/N-ethyl adjacent to an activating group) is 1. The fourth-order valence-corrected chi connectivity index (χ4v) is 4.57. The summed E-state index contributed by atoms with van der Waals surface area (Å²) in [6, 6.07) is 1.95. The molecular weight excluding hydrogens is 278 g/mol. The van der Waals surface area contributed by atoms with E-state index in [9.17, 15) is 9.59 Å². The van der Waals surface area contributed by atoms with Gasteiger partial charge < -0.3 is 14.8 Å². The molecule has 2 fully saturated rings. The van der Waals surface area contributed by atoms with Gasteiger partial charge in [-0.2, -0.15) is 0 Å². The van der Waals surface area contributed by atoms with E-state index in [-0.39, 0.29) is 23.4 Å². The van der Waals surface area contributed by atoms with Crippen molar-refractivity contribution < 1.29 is 9.59 Å². The highest BCUT2D eigenvalue weighted by Crippen LogP contribution is 2.43. The molecule has 2 aliphatic rings. The first kappa shape index (κ1) is 15.1. The largest absolute Gasteiger partial charge is 0.367 e. The Labute approximate surface area is 131 Å². The second-order valence-corrected chi connectivity index (χ2v) is 6.37. The molecule has 2 amide bonds. The summed E-state index contributed by atoms with van der Waals surface area (Å²) in [5.41, 5.74) is 0.563. The van der Waals surface area contributed by atoms with Gasteiger partial charge >= 0.3 is 0 Å². The SMILES string of the molecule is CC[C@@H]1N(C(=O)c2cc[nH]c2)CCC[C@]12CCC(=O)N2CC. The van der Waals surface area contributed by atoms with Gasteiger partial charge in [0.05, 0.1) is 17.1 Å². The quantitative estimate of drug-likeness (QED) is 0.932. The Morgan fingerprint density at radius 1 is 1.41 bits per heavy atom. The molecule has 0 saturated carbocycles. The topological polar surface area (TPSA) is 56.4 Å². The first-order valence-corrected chi connectivity index (χ1v) is 8.38. The van der Waals surface area contributed by atoms with Gasteiger partial charge in [0.1, 0.15) is 0 Å². The van der Waals surface area contributed by atoms with Crippen LogP contribution < -0.4 is 0 Å². The molecular formula is C17H25N3O2. The summed E-state index contributed by atoms with van der Waals surface area (Å²) in [6.07, 6.45) is 7.92. The summed E-state index contributed by atoms with van der Waals surface area (Å²) in [7, 11) is 0. The number of carbonyl (C=O) groups is 2. The molecule has 1 spiro atoms. The Hall–Kier alpha value is -1.78. The van der Waals surface area contributed by atoms with Gasteiger partial charge in [0.25, 0.3) is 5.91 Å². The minimum absolute atomic E-state index is 0.0857. The van der Waals surface area contributed by atoms with Crippen LogP contribution in [0.2, 0.25) is 0 Å². The molecule has 1 N–H and O–H groups in total. The molecule has 5 nitrogen and oxygen atoms in total. The van der Waals surface area contributed by atoms with Crippen molar-refractivity contribution in [2.75, 3.05) is 13.1 Å². The number of likely N-dealkylation sites (tertiary alicyclic amines) is 2. The van der Waals surface area contributed by atoms with Gasteiger partial charge in [-0.05, 0) is 38.7 Å². The van der Waals surface area contributed by atoms with E-state index in [0.29, 0.717) is 12.0 Å². The number of nitrogens with one attached hydrogen (secondary N) is 1. The molecule has 0 aliphatic carbocycles. The molecule has 2 saturated heterocycles. The second kappa shape index (κ2) is 5.78. The molecule has 22 heavy (non-hydrogen) atoms. The van der Waals surface area contributed by atoms with Crippen molar-refractivity contribution in [2.45, 2.75) is 57.5 Å². The number of H-pyrrole nitrogens is 1. The predicted octanol–water partition coefficient (Wildman–Crippen LogP) is 2.41. The number of nitrogens with zero attached hydrogens (tertiary/aromatic N) is 2. The van der Waals surface area contributed by atoms with Crippen molar-refractivity contribution in [3.8, 4) is 0 Å². The number of aromatic nitrogens is 1. The van der Waals surface area contributed by atoms with E-state index in [1.54, 1.807) is 12.4 Å². The lowest BCUT2D eigenvalue weighted by atomic mass is 9.77. The molecule has 0 unspecified atom stereocenters. The highest BCUT2D eigenvalue weighted by molar-refractivity contribution is 5.94. The maximum absolute atomic E-state index is 12.8. The normalized spacial score (nSPS) is 28.6. The Kier molecular flexibility index (Phi) is 3.98. The molecule has 2 aliphatic heterocycles. The van der Waals surface area contributed by atoms with E-state index in [2.05, 4.69) is 11.9 Å². The van der Waals surface area contributed by atoms with Crippen LogP contribution >= 0.6 is 0 Å². The van der Waals surface area contributed by atoms with Crippen molar-refractivity contribution in [1.29, 1.82) is 0 Å². The van der Waals surface area contributed by atoms with Crippen LogP contribution in [0, 0.1) is 0 Å². The Balaban J connectivity index is 1.93. The van der Waals surface area contributed by atoms with E-state index in [1.165, 1.54) is 0 Å². The highest BCUT2D eigenvalue weighted by Gasteiger charge is 2.53. The van der Waals surface area contributed by atoms with Crippen LogP contribution in [0.1, 0.15) is 56.3 Å². The number of amides is 2.